The fourth-order valence-electron chi connectivity index (χ4n) is 2.69. The van der Waals surface area contributed by atoms with Crippen molar-refractivity contribution in [2.45, 2.75) is 69.6 Å². The summed E-state index contributed by atoms with van der Waals surface area (Å²) in [7, 11) is 0. The molecule has 198 valence electrons. The summed E-state index contributed by atoms with van der Waals surface area (Å²) in [6.07, 6.45) is -1.21. The van der Waals surface area contributed by atoms with Crippen LogP contribution in [0.15, 0.2) is 0 Å². The summed E-state index contributed by atoms with van der Waals surface area (Å²) < 4.78 is 0. The number of guanidine groups is 1. The van der Waals surface area contributed by atoms with Crippen molar-refractivity contribution in [1.29, 1.82) is 5.41 Å². The molecule has 0 heterocycles. The molecule has 35 heavy (non-hydrogen) atoms. The molecule has 3 amide bonds. The molecule has 0 spiro atoms. The smallest absolute Gasteiger partial charge is 0.326 e. The van der Waals surface area contributed by atoms with Gasteiger partial charge in [0, 0.05) is 19.4 Å². The molecule has 0 aliphatic heterocycles. The molecule has 0 aromatic heterocycles. The van der Waals surface area contributed by atoms with Crippen LogP contribution in [0.3, 0.4) is 0 Å². The summed E-state index contributed by atoms with van der Waals surface area (Å²) in [5, 5.41) is 43.3. The van der Waals surface area contributed by atoms with Gasteiger partial charge in [0.25, 0.3) is 0 Å². The summed E-state index contributed by atoms with van der Waals surface area (Å²) in [6, 6.07) is -5.19. The van der Waals surface area contributed by atoms with E-state index < -0.39 is 66.2 Å². The van der Waals surface area contributed by atoms with E-state index in [0.29, 0.717) is 0 Å². The number of carbonyl (C=O) groups excluding carboxylic acids is 3. The fourth-order valence-corrected chi connectivity index (χ4v) is 2.69. The predicted octanol–water partition coefficient (Wildman–Crippen LogP) is -3.13. The van der Waals surface area contributed by atoms with E-state index in [4.69, 9.17) is 27.1 Å². The van der Waals surface area contributed by atoms with E-state index in [0.717, 1.165) is 0 Å². The van der Waals surface area contributed by atoms with Gasteiger partial charge in [0.1, 0.15) is 18.1 Å². The highest BCUT2D eigenvalue weighted by molar-refractivity contribution is 5.94. The topological polar surface area (TPSA) is 287 Å². The Labute approximate surface area is 200 Å². The molecule has 0 saturated heterocycles. The Kier molecular flexibility index (Phi) is 14.0. The highest BCUT2D eigenvalue weighted by atomic mass is 16.4. The Bertz CT molecular complexity index is 806. The highest BCUT2D eigenvalue weighted by Gasteiger charge is 2.29. The second-order valence-corrected chi connectivity index (χ2v) is 7.64. The van der Waals surface area contributed by atoms with E-state index in [1.54, 1.807) is 0 Å². The van der Waals surface area contributed by atoms with E-state index in [1.165, 1.54) is 6.92 Å². The van der Waals surface area contributed by atoms with Crippen LogP contribution in [0.1, 0.15) is 45.4 Å². The third-order valence-corrected chi connectivity index (χ3v) is 4.64. The number of nitrogens with two attached hydrogens (primary N) is 2. The van der Waals surface area contributed by atoms with Crippen molar-refractivity contribution < 1.29 is 44.1 Å². The van der Waals surface area contributed by atoms with E-state index in [1.807, 2.05) is 0 Å². The largest absolute Gasteiger partial charge is 0.481 e. The number of nitrogens with one attached hydrogen (secondary N) is 5. The Morgan fingerprint density at radius 2 is 1.34 bits per heavy atom. The molecule has 0 aromatic carbocycles. The summed E-state index contributed by atoms with van der Waals surface area (Å²) >= 11 is 0. The summed E-state index contributed by atoms with van der Waals surface area (Å²) in [6.45, 7) is 1.45. The first kappa shape index (κ1) is 31.0. The zero-order valence-corrected chi connectivity index (χ0v) is 19.2. The SMILES string of the molecule is C[C@H](NC(=O)[C@@H](N)CCC(=O)O)C(=O)N[C@@H](CCC(=O)O)C(=O)N[C@@H](CCCNC(=N)N)C(=O)O. The van der Waals surface area contributed by atoms with Crippen LogP contribution in [-0.4, -0.2) is 87.6 Å². The van der Waals surface area contributed by atoms with Crippen molar-refractivity contribution in [2.75, 3.05) is 6.54 Å². The lowest BCUT2D eigenvalue weighted by molar-refractivity contribution is -0.143. The number of hydrogen-bond acceptors (Lipinski definition) is 8. The molecule has 4 atom stereocenters. The van der Waals surface area contributed by atoms with Crippen LogP contribution in [0.2, 0.25) is 0 Å². The van der Waals surface area contributed by atoms with Crippen molar-refractivity contribution in [3.05, 3.63) is 0 Å². The van der Waals surface area contributed by atoms with Gasteiger partial charge in [-0.15, -0.1) is 0 Å². The lowest BCUT2D eigenvalue weighted by Gasteiger charge is -2.23. The van der Waals surface area contributed by atoms with E-state index in [-0.39, 0.29) is 44.6 Å². The first-order valence-corrected chi connectivity index (χ1v) is 10.7. The number of carbonyl (C=O) groups is 6. The molecular formula is C19H33N7O9. The number of aliphatic carboxylic acids is 3. The van der Waals surface area contributed by atoms with Crippen LogP contribution in [-0.2, 0) is 28.8 Å². The van der Waals surface area contributed by atoms with Gasteiger partial charge in [-0.25, -0.2) is 4.79 Å². The summed E-state index contributed by atoms with van der Waals surface area (Å²) in [5.74, 6) is -6.68. The van der Waals surface area contributed by atoms with Gasteiger partial charge in [-0.3, -0.25) is 29.4 Å². The van der Waals surface area contributed by atoms with Gasteiger partial charge in [-0.2, -0.15) is 0 Å². The number of rotatable bonds is 17. The van der Waals surface area contributed by atoms with E-state index >= 15 is 0 Å². The van der Waals surface area contributed by atoms with Crippen LogP contribution in [0, 0.1) is 5.41 Å². The minimum Gasteiger partial charge on any atom is -0.481 e. The number of amides is 3. The van der Waals surface area contributed by atoms with Crippen molar-refractivity contribution in [3.63, 3.8) is 0 Å². The van der Waals surface area contributed by atoms with Crippen LogP contribution < -0.4 is 32.7 Å². The summed E-state index contributed by atoms with van der Waals surface area (Å²) in [4.78, 5) is 70.2. The van der Waals surface area contributed by atoms with Gasteiger partial charge >= 0.3 is 17.9 Å². The van der Waals surface area contributed by atoms with Gasteiger partial charge in [0.2, 0.25) is 17.7 Å². The number of carboxylic acids is 3. The average molecular weight is 504 g/mol. The lowest BCUT2D eigenvalue weighted by Crippen LogP contribution is -2.56. The molecule has 0 aliphatic rings. The second-order valence-electron chi connectivity index (χ2n) is 7.64. The summed E-state index contributed by atoms with van der Waals surface area (Å²) in [5.41, 5.74) is 10.7. The van der Waals surface area contributed by atoms with Crippen molar-refractivity contribution >= 4 is 41.6 Å². The lowest BCUT2D eigenvalue weighted by atomic mass is 10.1. The first-order chi connectivity index (χ1) is 16.2. The van der Waals surface area contributed by atoms with Crippen molar-refractivity contribution in [2.24, 2.45) is 11.5 Å². The first-order valence-electron chi connectivity index (χ1n) is 10.7. The molecule has 16 nitrogen and oxygen atoms in total. The van der Waals surface area contributed by atoms with E-state index in [2.05, 4.69) is 21.3 Å². The van der Waals surface area contributed by atoms with Crippen molar-refractivity contribution in [1.82, 2.24) is 21.3 Å². The maximum Gasteiger partial charge on any atom is 0.326 e. The fraction of sp³-hybridized carbons (Fsp3) is 0.632. The van der Waals surface area contributed by atoms with Gasteiger partial charge in [-0.1, -0.05) is 0 Å². The minimum absolute atomic E-state index is 0.0400. The Balaban J connectivity index is 5.13. The molecule has 0 aliphatic carbocycles. The molecule has 0 unspecified atom stereocenters. The molecule has 16 heteroatoms. The van der Waals surface area contributed by atoms with Crippen molar-refractivity contribution in [3.8, 4) is 0 Å². The zero-order valence-electron chi connectivity index (χ0n) is 19.2. The minimum atomic E-state index is -1.42. The monoisotopic (exact) mass is 503 g/mol. The maximum atomic E-state index is 12.6. The molecule has 0 aromatic rings. The van der Waals surface area contributed by atoms with Gasteiger partial charge in [-0.05, 0) is 32.6 Å². The third-order valence-electron chi connectivity index (χ3n) is 4.64. The number of carboxylic acid groups (broad SMARTS) is 3. The Morgan fingerprint density at radius 3 is 1.86 bits per heavy atom. The standard InChI is InChI=1S/C19H33N7O9/c1-9(24-16(32)10(20)4-6-13(27)28)15(31)25-11(5-7-14(29)30)17(33)26-12(18(34)35)3-2-8-23-19(21)22/h9-12H,2-8,20H2,1H3,(H,24,32)(H,25,31)(H,26,33)(H,27,28)(H,29,30)(H,34,35)(H4,21,22,23)/t9-,10-,11-,12-/m0/s1. The molecule has 0 radical (unpaired) electrons. The zero-order chi connectivity index (χ0) is 27.1. The number of hydrogen-bond donors (Lipinski definition) is 10. The van der Waals surface area contributed by atoms with Gasteiger partial charge < -0.3 is 48.1 Å². The normalized spacial score (nSPS) is 13.9. The molecular weight excluding hydrogens is 470 g/mol. The molecule has 0 bridgehead atoms. The third kappa shape index (κ3) is 14.0. The van der Waals surface area contributed by atoms with Gasteiger partial charge in [0.15, 0.2) is 5.96 Å². The molecule has 0 saturated carbocycles. The predicted molar refractivity (Wildman–Crippen MR) is 120 cm³/mol. The van der Waals surface area contributed by atoms with Gasteiger partial charge in [0.05, 0.1) is 6.04 Å². The Morgan fingerprint density at radius 1 is 0.800 bits per heavy atom. The van der Waals surface area contributed by atoms with E-state index in [9.17, 15) is 33.9 Å². The van der Waals surface area contributed by atoms with Crippen LogP contribution in [0.25, 0.3) is 0 Å². The average Bonchev–Trinajstić information content (AvgIpc) is 2.75. The Hall–Kier alpha value is -3.95. The van der Waals surface area contributed by atoms with Crippen LogP contribution in [0.4, 0.5) is 0 Å². The molecule has 0 rings (SSSR count). The molecule has 0 fully saturated rings. The maximum absolute atomic E-state index is 12.6. The van der Waals surface area contributed by atoms with Crippen LogP contribution in [0.5, 0.6) is 0 Å². The quantitative estimate of drug-likeness (QED) is 0.0535. The second kappa shape index (κ2) is 15.8. The van der Waals surface area contributed by atoms with Crippen LogP contribution >= 0.6 is 0 Å². The highest BCUT2D eigenvalue weighted by Crippen LogP contribution is 2.04. The molecule has 12 N–H and O–H groups in total.